The zero-order valence-electron chi connectivity index (χ0n) is 16.2. The van der Waals surface area contributed by atoms with Crippen LogP contribution >= 0.6 is 0 Å². The number of nitrogens with one attached hydrogen (secondary N) is 2. The molecule has 0 aliphatic heterocycles. The third-order valence-corrected chi connectivity index (χ3v) is 4.85. The van der Waals surface area contributed by atoms with Crippen LogP contribution in [0.15, 0.2) is 30.3 Å². The first kappa shape index (κ1) is 19.8. The van der Waals surface area contributed by atoms with Crippen LogP contribution in [0.3, 0.4) is 0 Å². The molecule has 1 aliphatic carbocycles. The van der Waals surface area contributed by atoms with E-state index in [2.05, 4.69) is 47.9 Å². The van der Waals surface area contributed by atoms with Crippen molar-refractivity contribution in [1.82, 2.24) is 10.6 Å². The highest BCUT2D eigenvalue weighted by molar-refractivity contribution is 5.67. The summed E-state index contributed by atoms with van der Waals surface area (Å²) in [4.78, 5) is 11.8. The second-order valence-electron chi connectivity index (χ2n) is 8.11. The Bertz CT molecular complexity index is 516. The van der Waals surface area contributed by atoms with Crippen molar-refractivity contribution in [1.29, 1.82) is 0 Å². The van der Waals surface area contributed by atoms with E-state index >= 15 is 0 Å². The molecular weight excluding hydrogens is 312 g/mol. The molecule has 1 aromatic carbocycles. The molecule has 0 heterocycles. The van der Waals surface area contributed by atoms with Crippen LogP contribution in [-0.2, 0) is 4.74 Å². The predicted octanol–water partition coefficient (Wildman–Crippen LogP) is 4.61. The van der Waals surface area contributed by atoms with Crippen molar-refractivity contribution in [3.63, 3.8) is 0 Å². The molecule has 1 amide bonds. The van der Waals surface area contributed by atoms with Crippen LogP contribution in [0.2, 0.25) is 0 Å². The molecule has 0 saturated heterocycles. The number of carbonyl (C=O) groups excluding carboxylic acids is 1. The normalized spacial score (nSPS) is 22.2. The van der Waals surface area contributed by atoms with Gasteiger partial charge in [-0.15, -0.1) is 0 Å². The Morgan fingerprint density at radius 2 is 1.80 bits per heavy atom. The van der Waals surface area contributed by atoms with Crippen molar-refractivity contribution in [3.05, 3.63) is 35.9 Å². The monoisotopic (exact) mass is 346 g/mol. The zero-order chi connectivity index (χ0) is 18.3. The van der Waals surface area contributed by atoms with E-state index in [0.29, 0.717) is 24.5 Å². The van der Waals surface area contributed by atoms with Gasteiger partial charge in [0.2, 0.25) is 0 Å². The number of ether oxygens (including phenoxy) is 1. The van der Waals surface area contributed by atoms with Crippen molar-refractivity contribution >= 4 is 6.09 Å². The van der Waals surface area contributed by atoms with E-state index < -0.39 is 5.60 Å². The van der Waals surface area contributed by atoms with Crippen molar-refractivity contribution in [2.45, 2.75) is 83.4 Å². The van der Waals surface area contributed by atoms with E-state index in [9.17, 15) is 4.79 Å². The Hall–Kier alpha value is -1.55. The molecule has 1 fully saturated rings. The molecule has 0 radical (unpaired) electrons. The summed E-state index contributed by atoms with van der Waals surface area (Å²) in [6, 6.07) is 11.7. The second kappa shape index (κ2) is 9.23. The van der Waals surface area contributed by atoms with Crippen LogP contribution in [0.1, 0.15) is 71.3 Å². The van der Waals surface area contributed by atoms with Gasteiger partial charge in [0.05, 0.1) is 0 Å². The van der Waals surface area contributed by atoms with Gasteiger partial charge >= 0.3 is 6.09 Å². The summed E-state index contributed by atoms with van der Waals surface area (Å²) in [6.45, 7) is 8.42. The molecule has 1 atom stereocenters. The standard InChI is InChI=1S/C21H34N2O2/c1-5-18(15-22-20(24)25-21(2,3)4)23-19-13-11-17(12-14-19)16-9-7-6-8-10-16/h6-10,17-19,23H,5,11-15H2,1-4H3,(H,22,24). The maximum atomic E-state index is 11.8. The topological polar surface area (TPSA) is 50.4 Å². The molecule has 1 saturated carbocycles. The molecule has 1 unspecified atom stereocenters. The van der Waals surface area contributed by atoms with E-state index in [0.717, 1.165) is 6.42 Å². The smallest absolute Gasteiger partial charge is 0.407 e. The number of alkyl carbamates (subject to hydrolysis) is 1. The highest BCUT2D eigenvalue weighted by atomic mass is 16.6. The summed E-state index contributed by atoms with van der Waals surface area (Å²) in [5, 5.41) is 6.62. The summed E-state index contributed by atoms with van der Waals surface area (Å²) >= 11 is 0. The highest BCUT2D eigenvalue weighted by Gasteiger charge is 2.24. The Kier molecular flexibility index (Phi) is 7.30. The van der Waals surface area contributed by atoms with E-state index in [4.69, 9.17) is 4.74 Å². The van der Waals surface area contributed by atoms with Gasteiger partial charge in [-0.05, 0) is 64.4 Å². The Labute approximate surface area is 152 Å². The van der Waals surface area contributed by atoms with Gasteiger partial charge in [0.1, 0.15) is 5.60 Å². The molecule has 0 spiro atoms. The minimum Gasteiger partial charge on any atom is -0.444 e. The fourth-order valence-electron chi connectivity index (χ4n) is 3.49. The van der Waals surface area contributed by atoms with Crippen LogP contribution < -0.4 is 10.6 Å². The van der Waals surface area contributed by atoms with Gasteiger partial charge in [-0.1, -0.05) is 37.3 Å². The molecule has 0 aromatic heterocycles. The van der Waals surface area contributed by atoms with Crippen LogP contribution in [0.4, 0.5) is 4.79 Å². The number of carbonyl (C=O) groups is 1. The molecule has 1 aromatic rings. The molecule has 4 nitrogen and oxygen atoms in total. The van der Waals surface area contributed by atoms with E-state index in [1.54, 1.807) is 0 Å². The molecule has 0 bridgehead atoms. The van der Waals surface area contributed by atoms with Crippen molar-refractivity contribution in [2.24, 2.45) is 0 Å². The van der Waals surface area contributed by atoms with E-state index in [-0.39, 0.29) is 6.09 Å². The molecule has 1 aliphatic rings. The summed E-state index contributed by atoms with van der Waals surface area (Å²) in [7, 11) is 0. The zero-order valence-corrected chi connectivity index (χ0v) is 16.2. The predicted molar refractivity (Wildman–Crippen MR) is 103 cm³/mol. The summed E-state index contributed by atoms with van der Waals surface area (Å²) in [5.74, 6) is 0.694. The molecule has 25 heavy (non-hydrogen) atoms. The number of benzene rings is 1. The van der Waals surface area contributed by atoms with Gasteiger partial charge in [-0.3, -0.25) is 0 Å². The first-order valence-electron chi connectivity index (χ1n) is 9.65. The quantitative estimate of drug-likeness (QED) is 0.791. The Morgan fingerprint density at radius 1 is 1.16 bits per heavy atom. The van der Waals surface area contributed by atoms with Crippen molar-refractivity contribution < 1.29 is 9.53 Å². The van der Waals surface area contributed by atoms with Crippen molar-refractivity contribution in [2.75, 3.05) is 6.54 Å². The third-order valence-electron chi connectivity index (χ3n) is 4.85. The Morgan fingerprint density at radius 3 is 2.36 bits per heavy atom. The highest BCUT2D eigenvalue weighted by Crippen LogP contribution is 2.32. The fourth-order valence-corrected chi connectivity index (χ4v) is 3.49. The van der Waals surface area contributed by atoms with Gasteiger partial charge < -0.3 is 15.4 Å². The van der Waals surface area contributed by atoms with Crippen LogP contribution in [0, 0.1) is 0 Å². The molecule has 2 N–H and O–H groups in total. The van der Waals surface area contributed by atoms with Crippen molar-refractivity contribution in [3.8, 4) is 0 Å². The number of hydrogen-bond donors (Lipinski definition) is 2. The first-order chi connectivity index (χ1) is 11.9. The van der Waals surface area contributed by atoms with Crippen LogP contribution in [0.25, 0.3) is 0 Å². The van der Waals surface area contributed by atoms with Gasteiger partial charge in [0.15, 0.2) is 0 Å². The average Bonchev–Trinajstić information content (AvgIpc) is 2.58. The number of rotatable bonds is 6. The molecular formula is C21H34N2O2. The lowest BCUT2D eigenvalue weighted by molar-refractivity contribution is 0.0520. The average molecular weight is 347 g/mol. The Balaban J connectivity index is 1.72. The van der Waals surface area contributed by atoms with Gasteiger partial charge in [-0.25, -0.2) is 4.79 Å². The van der Waals surface area contributed by atoms with Crippen LogP contribution in [0.5, 0.6) is 0 Å². The van der Waals surface area contributed by atoms with Gasteiger partial charge in [0, 0.05) is 18.6 Å². The lowest BCUT2D eigenvalue weighted by Crippen LogP contribution is -2.47. The second-order valence-corrected chi connectivity index (χ2v) is 8.11. The molecule has 140 valence electrons. The lowest BCUT2D eigenvalue weighted by Gasteiger charge is -2.32. The fraction of sp³-hybridized carbons (Fsp3) is 0.667. The summed E-state index contributed by atoms with van der Waals surface area (Å²) in [6.07, 6.45) is 5.52. The minimum atomic E-state index is -0.449. The number of hydrogen-bond acceptors (Lipinski definition) is 3. The first-order valence-corrected chi connectivity index (χ1v) is 9.65. The molecule has 2 rings (SSSR count). The lowest BCUT2D eigenvalue weighted by atomic mass is 9.81. The largest absolute Gasteiger partial charge is 0.444 e. The maximum absolute atomic E-state index is 11.8. The van der Waals surface area contributed by atoms with Crippen LogP contribution in [-0.4, -0.2) is 30.3 Å². The SMILES string of the molecule is CCC(CNC(=O)OC(C)(C)C)NC1CCC(c2ccccc2)CC1. The van der Waals surface area contributed by atoms with E-state index in [1.807, 2.05) is 20.8 Å². The van der Waals surface area contributed by atoms with Gasteiger partial charge in [-0.2, -0.15) is 0 Å². The third kappa shape index (κ3) is 7.07. The summed E-state index contributed by atoms with van der Waals surface area (Å²) in [5.41, 5.74) is 1.02. The minimum absolute atomic E-state index is 0.297. The summed E-state index contributed by atoms with van der Waals surface area (Å²) < 4.78 is 5.31. The van der Waals surface area contributed by atoms with E-state index in [1.165, 1.54) is 31.2 Å². The molecule has 4 heteroatoms. The maximum Gasteiger partial charge on any atom is 0.407 e. The number of amides is 1. The van der Waals surface area contributed by atoms with Gasteiger partial charge in [0.25, 0.3) is 0 Å².